The summed E-state index contributed by atoms with van der Waals surface area (Å²) in [6.45, 7) is 0. The van der Waals surface area contributed by atoms with Gasteiger partial charge in [-0.25, -0.2) is 0 Å². The maximum Gasteiger partial charge on any atom is 0.256 e. The van der Waals surface area contributed by atoms with Gasteiger partial charge in [-0.15, -0.1) is 0 Å². The lowest BCUT2D eigenvalue weighted by Crippen LogP contribution is -2.03. The van der Waals surface area contributed by atoms with Gasteiger partial charge in [0.25, 0.3) is 5.91 Å². The average Bonchev–Trinajstić information content (AvgIpc) is 2.78. The molecule has 0 aliphatic carbocycles. The van der Waals surface area contributed by atoms with Crippen molar-refractivity contribution in [2.24, 2.45) is 0 Å². The zero-order valence-electron chi connectivity index (χ0n) is 11.5. The second kappa shape index (κ2) is 5.78. The van der Waals surface area contributed by atoms with E-state index in [2.05, 4.69) is 37.2 Å². The predicted molar refractivity (Wildman–Crippen MR) is 93.0 cm³/mol. The number of benzene rings is 2. The van der Waals surface area contributed by atoms with Gasteiger partial charge in [-0.05, 0) is 36.4 Å². The van der Waals surface area contributed by atoms with Gasteiger partial charge in [0.1, 0.15) is 0 Å². The highest BCUT2D eigenvalue weighted by Gasteiger charge is 2.24. The zero-order valence-corrected chi connectivity index (χ0v) is 14.7. The number of phenols is 1. The molecule has 0 radical (unpaired) electrons. The summed E-state index contributed by atoms with van der Waals surface area (Å²) < 4.78 is 6.76. The summed E-state index contributed by atoms with van der Waals surface area (Å²) in [6, 6.07) is 8.96. The summed E-state index contributed by atoms with van der Waals surface area (Å²) in [6.07, 6.45) is 1.65. The maximum absolute atomic E-state index is 12.2. The fourth-order valence-electron chi connectivity index (χ4n) is 2.32. The van der Waals surface area contributed by atoms with E-state index in [1.165, 1.54) is 7.11 Å². The largest absolute Gasteiger partial charge is 0.504 e. The monoisotopic (exact) mass is 423 g/mol. The van der Waals surface area contributed by atoms with Gasteiger partial charge >= 0.3 is 0 Å². The Morgan fingerprint density at radius 1 is 1.18 bits per heavy atom. The van der Waals surface area contributed by atoms with Crippen LogP contribution in [0, 0.1) is 0 Å². The highest BCUT2D eigenvalue weighted by molar-refractivity contribution is 9.10. The Balaban J connectivity index is 2.16. The molecule has 112 valence electrons. The van der Waals surface area contributed by atoms with Crippen LogP contribution >= 0.6 is 31.9 Å². The summed E-state index contributed by atoms with van der Waals surface area (Å²) in [7, 11) is 1.48. The molecule has 0 saturated carbocycles. The Morgan fingerprint density at radius 3 is 2.68 bits per heavy atom. The molecule has 6 heteroatoms. The third-order valence-corrected chi connectivity index (χ3v) is 4.30. The smallest absolute Gasteiger partial charge is 0.256 e. The van der Waals surface area contributed by atoms with E-state index in [0.29, 0.717) is 16.9 Å². The molecule has 1 amide bonds. The Hall–Kier alpha value is -1.79. The normalized spacial score (nSPS) is 14.9. The Bertz CT molecular complexity index is 815. The van der Waals surface area contributed by atoms with Crippen molar-refractivity contribution in [1.82, 2.24) is 0 Å². The number of aromatic hydroxyl groups is 1. The molecule has 0 fully saturated rings. The molecule has 1 aliphatic rings. The molecule has 2 aromatic rings. The maximum atomic E-state index is 12.2. The lowest BCUT2D eigenvalue weighted by Gasteiger charge is -2.08. The number of carbonyl (C=O) groups is 1. The summed E-state index contributed by atoms with van der Waals surface area (Å²) >= 11 is 6.77. The van der Waals surface area contributed by atoms with Gasteiger partial charge < -0.3 is 15.2 Å². The van der Waals surface area contributed by atoms with E-state index in [0.717, 1.165) is 20.2 Å². The van der Waals surface area contributed by atoms with Gasteiger partial charge in [0.2, 0.25) is 0 Å². The van der Waals surface area contributed by atoms with Gasteiger partial charge in [-0.1, -0.05) is 31.9 Å². The highest BCUT2D eigenvalue weighted by atomic mass is 79.9. The molecule has 1 aliphatic heterocycles. The summed E-state index contributed by atoms with van der Waals surface area (Å²) in [5, 5.41) is 13.0. The number of phenolic OH excluding ortho intramolecular Hbond substituents is 1. The minimum absolute atomic E-state index is 0.00514. The van der Waals surface area contributed by atoms with Crippen LogP contribution in [0.3, 0.4) is 0 Å². The minimum atomic E-state index is -0.202. The zero-order chi connectivity index (χ0) is 15.9. The van der Waals surface area contributed by atoms with Crippen LogP contribution in [0.15, 0.2) is 39.3 Å². The van der Waals surface area contributed by atoms with E-state index in [4.69, 9.17) is 4.74 Å². The van der Waals surface area contributed by atoms with E-state index >= 15 is 0 Å². The van der Waals surface area contributed by atoms with E-state index in [1.807, 2.05) is 18.2 Å². The number of hydrogen-bond acceptors (Lipinski definition) is 3. The number of halogens is 2. The SMILES string of the molecule is COc1cc(Br)cc(/C=C2\C(=O)Nc3ccc(Br)cc32)c1O. The Labute approximate surface area is 144 Å². The molecule has 0 atom stereocenters. The third kappa shape index (κ3) is 2.64. The highest BCUT2D eigenvalue weighted by Crippen LogP contribution is 2.39. The summed E-state index contributed by atoms with van der Waals surface area (Å²) in [4.78, 5) is 12.2. The van der Waals surface area contributed by atoms with Crippen molar-refractivity contribution in [1.29, 1.82) is 0 Å². The number of nitrogens with one attached hydrogen (secondary N) is 1. The van der Waals surface area contributed by atoms with Crippen LogP contribution < -0.4 is 10.1 Å². The van der Waals surface area contributed by atoms with Gasteiger partial charge in [-0.2, -0.15) is 0 Å². The molecule has 0 saturated heterocycles. The first-order valence-electron chi connectivity index (χ1n) is 6.39. The van der Waals surface area contributed by atoms with Gasteiger partial charge in [-0.3, -0.25) is 4.79 Å². The second-order valence-corrected chi connectivity index (χ2v) is 6.58. The molecule has 3 rings (SSSR count). The number of rotatable bonds is 2. The fourth-order valence-corrected chi connectivity index (χ4v) is 3.13. The number of anilines is 1. The summed E-state index contributed by atoms with van der Waals surface area (Å²) in [5.41, 5.74) is 2.54. The van der Waals surface area contributed by atoms with Crippen LogP contribution in [0.2, 0.25) is 0 Å². The van der Waals surface area contributed by atoms with Gasteiger partial charge in [0.15, 0.2) is 11.5 Å². The average molecular weight is 425 g/mol. The molecule has 0 bridgehead atoms. The molecule has 0 unspecified atom stereocenters. The number of methoxy groups -OCH3 is 1. The lowest BCUT2D eigenvalue weighted by molar-refractivity contribution is -0.110. The van der Waals surface area contributed by atoms with E-state index in [1.54, 1.807) is 18.2 Å². The fraction of sp³-hybridized carbons (Fsp3) is 0.0625. The molecule has 0 spiro atoms. The first-order chi connectivity index (χ1) is 10.5. The van der Waals surface area contributed by atoms with Crippen LogP contribution in [0.4, 0.5) is 5.69 Å². The van der Waals surface area contributed by atoms with Crippen LogP contribution in [0.25, 0.3) is 11.6 Å². The topological polar surface area (TPSA) is 58.6 Å². The summed E-state index contributed by atoms with van der Waals surface area (Å²) in [5.74, 6) is 0.134. The third-order valence-electron chi connectivity index (χ3n) is 3.35. The van der Waals surface area contributed by atoms with Crippen LogP contribution in [0.1, 0.15) is 11.1 Å². The number of amides is 1. The first-order valence-corrected chi connectivity index (χ1v) is 7.97. The quantitative estimate of drug-likeness (QED) is 0.701. The van der Waals surface area contributed by atoms with Crippen LogP contribution in [-0.4, -0.2) is 18.1 Å². The standard InChI is InChI=1S/C16H11Br2NO3/c1-22-14-7-10(18)4-8(15(14)20)5-12-11-6-9(17)2-3-13(11)19-16(12)21/h2-7,20H,1H3,(H,19,21)/b12-5-. The minimum Gasteiger partial charge on any atom is -0.504 e. The number of hydrogen-bond donors (Lipinski definition) is 2. The lowest BCUT2D eigenvalue weighted by atomic mass is 10.0. The van der Waals surface area contributed by atoms with Crippen LogP contribution in [-0.2, 0) is 4.79 Å². The number of ether oxygens (including phenoxy) is 1. The molecule has 2 aromatic carbocycles. The van der Waals surface area contributed by atoms with Crippen LogP contribution in [0.5, 0.6) is 11.5 Å². The van der Waals surface area contributed by atoms with Crippen molar-refractivity contribution in [3.8, 4) is 11.5 Å². The van der Waals surface area contributed by atoms with E-state index in [-0.39, 0.29) is 11.7 Å². The molecule has 0 aromatic heterocycles. The first kappa shape index (κ1) is 15.1. The Kier molecular flexibility index (Phi) is 3.97. The molecule has 2 N–H and O–H groups in total. The number of carbonyl (C=O) groups excluding carboxylic acids is 1. The molecule has 22 heavy (non-hydrogen) atoms. The van der Waals surface area contributed by atoms with Crippen molar-refractivity contribution in [2.45, 2.75) is 0 Å². The number of fused-ring (bicyclic) bond motifs is 1. The van der Waals surface area contributed by atoms with E-state index < -0.39 is 0 Å². The molecule has 4 nitrogen and oxygen atoms in total. The van der Waals surface area contributed by atoms with Crippen molar-refractivity contribution in [3.63, 3.8) is 0 Å². The van der Waals surface area contributed by atoms with Crippen molar-refractivity contribution < 1.29 is 14.6 Å². The predicted octanol–water partition coefficient (Wildman–Crippen LogP) is 4.42. The van der Waals surface area contributed by atoms with Crippen molar-refractivity contribution in [3.05, 3.63) is 50.4 Å². The molecular weight excluding hydrogens is 414 g/mol. The van der Waals surface area contributed by atoms with Gasteiger partial charge in [0, 0.05) is 31.3 Å². The van der Waals surface area contributed by atoms with E-state index in [9.17, 15) is 9.90 Å². The van der Waals surface area contributed by atoms with Crippen molar-refractivity contribution >= 4 is 55.1 Å². The molecule has 1 heterocycles. The Morgan fingerprint density at radius 2 is 1.95 bits per heavy atom. The van der Waals surface area contributed by atoms with Gasteiger partial charge in [0.05, 0.1) is 7.11 Å². The molecular formula is C16H11Br2NO3. The van der Waals surface area contributed by atoms with Crippen molar-refractivity contribution in [2.75, 3.05) is 12.4 Å². The second-order valence-electron chi connectivity index (χ2n) is 4.75.